The molecular weight excluding hydrogens is 294 g/mol. The summed E-state index contributed by atoms with van der Waals surface area (Å²) in [6.45, 7) is 8.39. The third-order valence-corrected chi connectivity index (χ3v) is 2.77. The Bertz CT molecular complexity index is 378. The van der Waals surface area contributed by atoms with Gasteiger partial charge in [-0.25, -0.2) is 4.79 Å². The number of aliphatic hydroxyl groups excluding tert-OH is 2. The van der Waals surface area contributed by atoms with Crippen LogP contribution in [-0.2, 0) is 19.1 Å². The minimum atomic E-state index is -2.02. The van der Waals surface area contributed by atoms with Gasteiger partial charge >= 0.3 is 11.9 Å². The van der Waals surface area contributed by atoms with Crippen LogP contribution >= 0.6 is 0 Å². The lowest BCUT2D eigenvalue weighted by atomic mass is 10.1. The van der Waals surface area contributed by atoms with Gasteiger partial charge in [-0.3, -0.25) is 9.59 Å². The molecule has 1 saturated heterocycles. The molecule has 0 aromatic rings. The second-order valence-corrected chi connectivity index (χ2v) is 6.06. The van der Waals surface area contributed by atoms with E-state index in [1.54, 1.807) is 0 Å². The van der Waals surface area contributed by atoms with Gasteiger partial charge in [0.05, 0.1) is 5.92 Å². The summed E-state index contributed by atoms with van der Waals surface area (Å²) >= 11 is 0. The SMILES string of the molecule is CC(=O)[C@H](O)[C@@H](O)C(=O)O.CC(C)(C)OC(=O)[C@@H]1CCNC1. The summed E-state index contributed by atoms with van der Waals surface area (Å²) in [7, 11) is 0. The number of carboxylic acid groups (broad SMARTS) is 1. The maximum atomic E-state index is 11.4. The molecule has 8 nitrogen and oxygen atoms in total. The Balaban J connectivity index is 0.000000409. The molecule has 0 bridgehead atoms. The zero-order valence-corrected chi connectivity index (χ0v) is 13.3. The van der Waals surface area contributed by atoms with Gasteiger partial charge in [-0.1, -0.05) is 0 Å². The second-order valence-electron chi connectivity index (χ2n) is 6.06. The predicted molar refractivity (Wildman–Crippen MR) is 77.2 cm³/mol. The Hall–Kier alpha value is -1.51. The van der Waals surface area contributed by atoms with Gasteiger partial charge in [0.15, 0.2) is 11.9 Å². The van der Waals surface area contributed by atoms with Crippen LogP contribution in [0.25, 0.3) is 0 Å². The van der Waals surface area contributed by atoms with Crippen LogP contribution in [0.4, 0.5) is 0 Å². The van der Waals surface area contributed by atoms with Crippen molar-refractivity contribution in [3.8, 4) is 0 Å². The monoisotopic (exact) mass is 319 g/mol. The van der Waals surface area contributed by atoms with Gasteiger partial charge < -0.3 is 25.4 Å². The fourth-order valence-electron chi connectivity index (χ4n) is 1.60. The number of ketones is 1. The third kappa shape index (κ3) is 8.06. The van der Waals surface area contributed by atoms with Gasteiger partial charge in [0, 0.05) is 6.54 Å². The highest BCUT2D eigenvalue weighted by Crippen LogP contribution is 2.15. The van der Waals surface area contributed by atoms with Gasteiger partial charge in [-0.2, -0.15) is 0 Å². The van der Waals surface area contributed by atoms with E-state index in [0.717, 1.165) is 26.4 Å². The molecule has 0 aromatic carbocycles. The molecule has 0 saturated carbocycles. The number of carboxylic acids is 1. The lowest BCUT2D eigenvalue weighted by molar-refractivity contribution is -0.159. The van der Waals surface area contributed by atoms with Crippen LogP contribution in [-0.4, -0.2) is 63.9 Å². The molecule has 128 valence electrons. The summed E-state index contributed by atoms with van der Waals surface area (Å²) in [6.07, 6.45) is -2.93. The molecule has 1 rings (SSSR count). The zero-order valence-electron chi connectivity index (χ0n) is 13.3. The topological polar surface area (TPSA) is 133 Å². The molecule has 8 heteroatoms. The van der Waals surface area contributed by atoms with Crippen molar-refractivity contribution in [1.29, 1.82) is 0 Å². The van der Waals surface area contributed by atoms with Crippen LogP contribution < -0.4 is 5.32 Å². The first-order valence-corrected chi connectivity index (χ1v) is 6.98. The van der Waals surface area contributed by atoms with Crippen LogP contribution in [0.5, 0.6) is 0 Å². The van der Waals surface area contributed by atoms with Crippen molar-refractivity contribution in [1.82, 2.24) is 5.32 Å². The number of hydrogen-bond donors (Lipinski definition) is 4. The maximum Gasteiger partial charge on any atom is 0.335 e. The number of carbonyl (C=O) groups is 3. The van der Waals surface area contributed by atoms with E-state index in [0.29, 0.717) is 0 Å². The van der Waals surface area contributed by atoms with Crippen LogP contribution in [0.2, 0.25) is 0 Å². The number of carbonyl (C=O) groups excluding carboxylic acids is 2. The largest absolute Gasteiger partial charge is 0.479 e. The Morgan fingerprint density at radius 3 is 2.00 bits per heavy atom. The van der Waals surface area contributed by atoms with Gasteiger partial charge in [-0.15, -0.1) is 0 Å². The van der Waals surface area contributed by atoms with Crippen LogP contribution in [0.3, 0.4) is 0 Å². The molecule has 0 spiro atoms. The summed E-state index contributed by atoms with van der Waals surface area (Å²) in [5, 5.41) is 28.3. The summed E-state index contributed by atoms with van der Waals surface area (Å²) in [5.74, 6) is -2.37. The van der Waals surface area contributed by atoms with Crippen LogP contribution in [0, 0.1) is 5.92 Å². The molecule has 3 atom stereocenters. The van der Waals surface area contributed by atoms with E-state index in [-0.39, 0.29) is 17.5 Å². The molecule has 1 aliphatic rings. The number of rotatable bonds is 4. The fraction of sp³-hybridized carbons (Fsp3) is 0.786. The number of nitrogens with one attached hydrogen (secondary N) is 1. The molecule has 0 aliphatic carbocycles. The molecule has 22 heavy (non-hydrogen) atoms. The molecular formula is C14H25NO7. The molecule has 0 unspecified atom stereocenters. The van der Waals surface area contributed by atoms with E-state index < -0.39 is 24.0 Å². The van der Waals surface area contributed by atoms with E-state index in [2.05, 4.69) is 5.32 Å². The molecule has 0 amide bonds. The van der Waals surface area contributed by atoms with Crippen molar-refractivity contribution >= 4 is 17.7 Å². The van der Waals surface area contributed by atoms with Crippen LogP contribution in [0.1, 0.15) is 34.1 Å². The highest BCUT2D eigenvalue weighted by atomic mass is 16.6. The molecule has 1 fully saturated rings. The van der Waals surface area contributed by atoms with Crippen molar-refractivity contribution in [3.63, 3.8) is 0 Å². The summed E-state index contributed by atoms with van der Waals surface area (Å²) in [4.78, 5) is 31.5. The first-order valence-electron chi connectivity index (χ1n) is 6.98. The van der Waals surface area contributed by atoms with Gasteiger partial charge in [-0.05, 0) is 40.7 Å². The highest BCUT2D eigenvalue weighted by Gasteiger charge is 2.27. The first kappa shape index (κ1) is 20.5. The van der Waals surface area contributed by atoms with Crippen molar-refractivity contribution in [2.75, 3.05) is 13.1 Å². The number of hydrogen-bond acceptors (Lipinski definition) is 7. The normalized spacial score (nSPS) is 20.4. The van der Waals surface area contributed by atoms with Gasteiger partial charge in [0.2, 0.25) is 0 Å². The van der Waals surface area contributed by atoms with E-state index in [4.69, 9.17) is 20.1 Å². The first-order chi connectivity index (χ1) is 9.95. The molecule has 1 aliphatic heterocycles. The second kappa shape index (κ2) is 8.82. The average molecular weight is 319 g/mol. The van der Waals surface area contributed by atoms with E-state index in [1.165, 1.54) is 0 Å². The van der Waals surface area contributed by atoms with Gasteiger partial charge in [0.1, 0.15) is 11.7 Å². The molecule has 0 aromatic heterocycles. The number of Topliss-reactive ketones (excluding diaryl/α,β-unsaturated/α-hetero) is 1. The maximum absolute atomic E-state index is 11.4. The van der Waals surface area contributed by atoms with E-state index >= 15 is 0 Å². The van der Waals surface area contributed by atoms with E-state index in [1.807, 2.05) is 20.8 Å². The fourth-order valence-corrected chi connectivity index (χ4v) is 1.60. The molecule has 0 radical (unpaired) electrons. The summed E-state index contributed by atoms with van der Waals surface area (Å²) < 4.78 is 5.24. The number of aliphatic hydroxyl groups is 2. The average Bonchev–Trinajstić information content (AvgIpc) is 2.89. The molecule has 4 N–H and O–H groups in total. The Morgan fingerprint density at radius 1 is 1.18 bits per heavy atom. The van der Waals surface area contributed by atoms with Crippen molar-refractivity contribution < 1.29 is 34.4 Å². The minimum absolute atomic E-state index is 0.0625. The minimum Gasteiger partial charge on any atom is -0.479 e. The summed E-state index contributed by atoms with van der Waals surface area (Å²) in [6, 6.07) is 0. The van der Waals surface area contributed by atoms with Crippen molar-refractivity contribution in [3.05, 3.63) is 0 Å². The van der Waals surface area contributed by atoms with Crippen LogP contribution in [0.15, 0.2) is 0 Å². The molecule has 1 heterocycles. The number of esters is 1. The Kier molecular flexibility index (Phi) is 8.21. The Labute approximate surface area is 129 Å². The summed E-state index contributed by atoms with van der Waals surface area (Å²) in [5.41, 5.74) is -0.348. The lowest BCUT2D eigenvalue weighted by Crippen LogP contribution is -2.38. The van der Waals surface area contributed by atoms with Crippen molar-refractivity contribution in [2.45, 2.75) is 51.9 Å². The lowest BCUT2D eigenvalue weighted by Gasteiger charge is -2.21. The van der Waals surface area contributed by atoms with Gasteiger partial charge in [0.25, 0.3) is 0 Å². The third-order valence-electron chi connectivity index (χ3n) is 2.77. The highest BCUT2D eigenvalue weighted by molar-refractivity contribution is 5.87. The standard InChI is InChI=1S/C9H17NO2.C5H8O5/c1-9(2,3)12-8(11)7-4-5-10-6-7;1-2(6)3(7)4(8)5(9)10/h7,10H,4-6H2,1-3H3;3-4,7-8H,1H3,(H,9,10)/t7-;3-,4+/m10/s1. The quantitative estimate of drug-likeness (QED) is 0.501. The Morgan fingerprint density at radius 2 is 1.73 bits per heavy atom. The smallest absolute Gasteiger partial charge is 0.335 e. The zero-order chi connectivity index (χ0) is 17.5. The van der Waals surface area contributed by atoms with Crippen molar-refractivity contribution in [2.24, 2.45) is 5.92 Å². The number of aliphatic carboxylic acids is 1. The van der Waals surface area contributed by atoms with E-state index in [9.17, 15) is 14.4 Å². The predicted octanol–water partition coefficient (Wildman–Crippen LogP) is -0.681. The number of ether oxygens (including phenoxy) is 1.